The van der Waals surface area contributed by atoms with E-state index in [1.165, 1.54) is 18.2 Å². The molecule has 0 bridgehead atoms. The van der Waals surface area contributed by atoms with Gasteiger partial charge in [-0.25, -0.2) is 4.79 Å². The molecule has 0 saturated heterocycles. The highest BCUT2D eigenvalue weighted by molar-refractivity contribution is 6.32. The fraction of sp³-hybridized carbons (Fsp3) is 0. The van der Waals surface area contributed by atoms with Crippen molar-refractivity contribution in [3.63, 3.8) is 0 Å². The molecule has 6 heteroatoms. The minimum Gasteiger partial charge on any atom is -0.506 e. The van der Waals surface area contributed by atoms with Gasteiger partial charge in [-0.15, -0.1) is 0 Å². The predicted octanol–water partition coefficient (Wildman–Crippen LogP) is 1.25. The summed E-state index contributed by atoms with van der Waals surface area (Å²) >= 11 is 5.67. The van der Waals surface area contributed by atoms with Gasteiger partial charge < -0.3 is 15.3 Å². The number of carbonyl (C=O) groups excluding carboxylic acids is 1. The molecule has 2 aromatic rings. The smallest absolute Gasteiger partial charge is 0.349 e. The average Bonchev–Trinajstić information content (AvgIpc) is 2.19. The number of amides is 1. The lowest BCUT2D eigenvalue weighted by Gasteiger charge is -2.01. The van der Waals surface area contributed by atoms with Crippen molar-refractivity contribution >= 4 is 28.5 Å². The van der Waals surface area contributed by atoms with Crippen molar-refractivity contribution in [3.05, 3.63) is 39.2 Å². The molecule has 0 atom stereocenters. The van der Waals surface area contributed by atoms with Crippen LogP contribution in [0.1, 0.15) is 10.4 Å². The SMILES string of the molecule is NC(=O)c1cc2cc(Cl)c(O)cc2oc1=O. The Balaban J connectivity index is 2.85. The van der Waals surface area contributed by atoms with Crippen LogP contribution in [0.25, 0.3) is 11.0 Å². The number of aromatic hydroxyl groups is 1. The number of primary amides is 1. The second kappa shape index (κ2) is 3.53. The minimum absolute atomic E-state index is 0.0942. The Morgan fingerprint density at radius 2 is 2.06 bits per heavy atom. The van der Waals surface area contributed by atoms with Crippen LogP contribution in [-0.4, -0.2) is 11.0 Å². The van der Waals surface area contributed by atoms with E-state index in [1.807, 2.05) is 0 Å². The number of hydrogen-bond donors (Lipinski definition) is 2. The molecule has 3 N–H and O–H groups in total. The quantitative estimate of drug-likeness (QED) is 0.733. The monoisotopic (exact) mass is 239 g/mol. The van der Waals surface area contributed by atoms with Crippen LogP contribution in [0.3, 0.4) is 0 Å². The zero-order chi connectivity index (χ0) is 11.9. The molecule has 0 spiro atoms. The van der Waals surface area contributed by atoms with E-state index in [0.29, 0.717) is 5.39 Å². The molecule has 1 heterocycles. The maximum Gasteiger partial charge on any atom is 0.349 e. The van der Waals surface area contributed by atoms with E-state index in [-0.39, 0.29) is 21.9 Å². The maximum absolute atomic E-state index is 11.3. The number of phenols is 1. The lowest BCUT2D eigenvalue weighted by molar-refractivity contribution is 0.0997. The molecule has 1 aromatic carbocycles. The number of nitrogens with two attached hydrogens (primary N) is 1. The highest BCUT2D eigenvalue weighted by Gasteiger charge is 2.11. The third-order valence-corrected chi connectivity index (χ3v) is 2.37. The molecule has 1 aromatic heterocycles. The molecule has 1 amide bonds. The first kappa shape index (κ1) is 10.5. The first-order chi connectivity index (χ1) is 7.49. The number of rotatable bonds is 1. The molecule has 0 radical (unpaired) electrons. The summed E-state index contributed by atoms with van der Waals surface area (Å²) in [6.07, 6.45) is 0. The zero-order valence-corrected chi connectivity index (χ0v) is 8.62. The first-order valence-corrected chi connectivity index (χ1v) is 4.63. The second-order valence-electron chi connectivity index (χ2n) is 3.15. The Kier molecular flexibility index (Phi) is 2.32. The third-order valence-electron chi connectivity index (χ3n) is 2.07. The number of halogens is 1. The van der Waals surface area contributed by atoms with Gasteiger partial charge in [0.15, 0.2) is 0 Å². The van der Waals surface area contributed by atoms with Gasteiger partial charge in [0.25, 0.3) is 5.91 Å². The van der Waals surface area contributed by atoms with E-state index in [1.54, 1.807) is 0 Å². The van der Waals surface area contributed by atoms with Crippen molar-refractivity contribution in [1.82, 2.24) is 0 Å². The van der Waals surface area contributed by atoms with Gasteiger partial charge in [0, 0.05) is 11.5 Å². The van der Waals surface area contributed by atoms with Crippen LogP contribution in [0.15, 0.2) is 27.4 Å². The van der Waals surface area contributed by atoms with E-state index >= 15 is 0 Å². The predicted molar refractivity (Wildman–Crippen MR) is 57.7 cm³/mol. The second-order valence-corrected chi connectivity index (χ2v) is 3.56. The summed E-state index contributed by atoms with van der Waals surface area (Å²) in [4.78, 5) is 22.2. The summed E-state index contributed by atoms with van der Waals surface area (Å²) in [7, 11) is 0. The molecular weight excluding hydrogens is 234 g/mol. The Bertz CT molecular complexity index is 647. The van der Waals surface area contributed by atoms with Crippen LogP contribution in [0.5, 0.6) is 5.75 Å². The summed E-state index contributed by atoms with van der Waals surface area (Å²) in [5.41, 5.74) is 4.03. The average molecular weight is 240 g/mol. The van der Waals surface area contributed by atoms with E-state index in [0.717, 1.165) is 0 Å². The van der Waals surface area contributed by atoms with Gasteiger partial charge in [0.05, 0.1) is 5.02 Å². The van der Waals surface area contributed by atoms with Gasteiger partial charge in [-0.1, -0.05) is 11.6 Å². The summed E-state index contributed by atoms with van der Waals surface area (Å²) < 4.78 is 4.81. The Labute approximate surface area is 94.0 Å². The van der Waals surface area contributed by atoms with Crippen molar-refractivity contribution in [3.8, 4) is 5.75 Å². The lowest BCUT2D eigenvalue weighted by Crippen LogP contribution is -2.20. The number of benzene rings is 1. The zero-order valence-electron chi connectivity index (χ0n) is 7.86. The van der Waals surface area contributed by atoms with E-state index in [2.05, 4.69) is 0 Å². The fourth-order valence-electron chi connectivity index (χ4n) is 1.30. The largest absolute Gasteiger partial charge is 0.506 e. The Hall–Kier alpha value is -2.01. The molecule has 0 unspecified atom stereocenters. The van der Waals surface area contributed by atoms with E-state index in [4.69, 9.17) is 21.8 Å². The number of fused-ring (bicyclic) bond motifs is 1. The van der Waals surface area contributed by atoms with Crippen LogP contribution in [-0.2, 0) is 0 Å². The topological polar surface area (TPSA) is 93.5 Å². The molecule has 0 aliphatic rings. The molecule has 16 heavy (non-hydrogen) atoms. The van der Waals surface area contributed by atoms with Crippen molar-refractivity contribution < 1.29 is 14.3 Å². The standard InChI is InChI=1S/C10H6ClNO4/c11-6-2-4-1-5(9(12)14)10(15)16-8(4)3-7(6)13/h1-3,13H,(H2,12,14). The summed E-state index contributed by atoms with van der Waals surface area (Å²) in [6.45, 7) is 0. The molecule has 2 rings (SSSR count). The molecule has 0 aliphatic carbocycles. The normalized spacial score (nSPS) is 10.6. The highest BCUT2D eigenvalue weighted by atomic mass is 35.5. The first-order valence-electron chi connectivity index (χ1n) is 4.25. The van der Waals surface area contributed by atoms with E-state index in [9.17, 15) is 14.7 Å². The molecule has 0 fully saturated rings. The van der Waals surface area contributed by atoms with Crippen molar-refractivity contribution in [2.45, 2.75) is 0 Å². The summed E-state index contributed by atoms with van der Waals surface area (Å²) in [5.74, 6) is -1.08. The minimum atomic E-state index is -0.875. The Morgan fingerprint density at radius 1 is 1.38 bits per heavy atom. The van der Waals surface area contributed by atoms with Gasteiger partial charge in [-0.3, -0.25) is 4.79 Å². The fourth-order valence-corrected chi connectivity index (χ4v) is 1.47. The summed E-state index contributed by atoms with van der Waals surface area (Å²) in [6, 6.07) is 3.85. The number of hydrogen-bond acceptors (Lipinski definition) is 4. The molecule has 5 nitrogen and oxygen atoms in total. The van der Waals surface area contributed by atoms with Crippen molar-refractivity contribution in [2.75, 3.05) is 0 Å². The summed E-state index contributed by atoms with van der Waals surface area (Å²) in [5, 5.41) is 9.81. The van der Waals surface area contributed by atoms with Gasteiger partial charge in [0.1, 0.15) is 16.9 Å². The van der Waals surface area contributed by atoms with Gasteiger partial charge in [-0.05, 0) is 12.1 Å². The lowest BCUT2D eigenvalue weighted by atomic mass is 10.2. The molecule has 0 aliphatic heterocycles. The molecule has 0 saturated carbocycles. The van der Waals surface area contributed by atoms with E-state index < -0.39 is 11.5 Å². The third kappa shape index (κ3) is 1.61. The van der Waals surface area contributed by atoms with Gasteiger partial charge in [-0.2, -0.15) is 0 Å². The van der Waals surface area contributed by atoms with Crippen LogP contribution < -0.4 is 11.4 Å². The molecule has 82 valence electrons. The van der Waals surface area contributed by atoms with Crippen LogP contribution >= 0.6 is 11.6 Å². The number of phenolic OH excluding ortho intramolecular Hbond substituents is 1. The van der Waals surface area contributed by atoms with Crippen molar-refractivity contribution in [2.24, 2.45) is 5.73 Å². The Morgan fingerprint density at radius 3 is 2.69 bits per heavy atom. The molecular formula is C10H6ClNO4. The van der Waals surface area contributed by atoms with Crippen LogP contribution in [0.4, 0.5) is 0 Å². The van der Waals surface area contributed by atoms with Crippen LogP contribution in [0, 0.1) is 0 Å². The maximum atomic E-state index is 11.3. The number of carbonyl (C=O) groups is 1. The van der Waals surface area contributed by atoms with Gasteiger partial charge >= 0.3 is 5.63 Å². The van der Waals surface area contributed by atoms with Crippen molar-refractivity contribution in [1.29, 1.82) is 0 Å². The van der Waals surface area contributed by atoms with Gasteiger partial charge in [0.2, 0.25) is 0 Å². The van der Waals surface area contributed by atoms with Crippen LogP contribution in [0.2, 0.25) is 5.02 Å². The highest BCUT2D eigenvalue weighted by Crippen LogP contribution is 2.28.